The van der Waals surface area contributed by atoms with E-state index in [0.717, 1.165) is 11.1 Å². The van der Waals surface area contributed by atoms with Crippen molar-refractivity contribution in [3.63, 3.8) is 0 Å². The molecule has 0 spiro atoms. The minimum atomic E-state index is -0.230. The molecule has 1 heterocycles. The van der Waals surface area contributed by atoms with Crippen molar-refractivity contribution in [1.82, 2.24) is 9.78 Å². The van der Waals surface area contributed by atoms with Crippen LogP contribution in [0.1, 0.15) is 21.5 Å². The molecule has 1 aromatic heterocycles. The number of nitrogens with one attached hydrogen (secondary N) is 1. The maximum absolute atomic E-state index is 12.4. The number of amides is 1. The lowest BCUT2D eigenvalue weighted by molar-refractivity contribution is 0.102. The largest absolute Gasteiger partial charge is 0.304 e. The molecule has 0 unspecified atom stereocenters. The van der Waals surface area contributed by atoms with Gasteiger partial charge in [-0.3, -0.25) is 9.48 Å². The maximum atomic E-state index is 12.4. The Hall–Kier alpha value is -2.30. The van der Waals surface area contributed by atoms with Crippen LogP contribution >= 0.6 is 23.2 Å². The number of aromatic nitrogens is 2. The second kappa shape index (κ2) is 7.07. The highest BCUT2D eigenvalue weighted by atomic mass is 35.5. The highest BCUT2D eigenvalue weighted by molar-refractivity contribution is 6.33. The number of aryl methyl sites for hydroxylation is 1. The van der Waals surface area contributed by atoms with Gasteiger partial charge in [0.25, 0.3) is 5.91 Å². The molecule has 3 rings (SSSR count). The monoisotopic (exact) mass is 359 g/mol. The summed E-state index contributed by atoms with van der Waals surface area (Å²) in [4.78, 5) is 12.4. The van der Waals surface area contributed by atoms with Crippen molar-refractivity contribution < 1.29 is 4.79 Å². The van der Waals surface area contributed by atoms with Gasteiger partial charge >= 0.3 is 0 Å². The van der Waals surface area contributed by atoms with E-state index in [1.165, 1.54) is 0 Å². The van der Waals surface area contributed by atoms with Crippen LogP contribution in [0.4, 0.5) is 5.82 Å². The van der Waals surface area contributed by atoms with Crippen molar-refractivity contribution in [2.75, 3.05) is 5.32 Å². The van der Waals surface area contributed by atoms with Crippen molar-refractivity contribution in [1.29, 1.82) is 0 Å². The van der Waals surface area contributed by atoms with Crippen molar-refractivity contribution >= 4 is 34.9 Å². The van der Waals surface area contributed by atoms with Gasteiger partial charge in [-0.05, 0) is 36.2 Å². The summed E-state index contributed by atoms with van der Waals surface area (Å²) in [5.74, 6) is 0.116. The second-order valence-corrected chi connectivity index (χ2v) is 6.26. The number of anilines is 1. The maximum Gasteiger partial charge on any atom is 0.257 e. The number of benzene rings is 2. The van der Waals surface area contributed by atoms with E-state index in [4.69, 9.17) is 23.2 Å². The predicted octanol–water partition coefficient (Wildman–Crippen LogP) is 4.80. The zero-order valence-electron chi connectivity index (χ0n) is 13.0. The van der Waals surface area contributed by atoms with Crippen LogP contribution in [0.15, 0.2) is 54.7 Å². The average Bonchev–Trinajstić information content (AvgIpc) is 2.89. The van der Waals surface area contributed by atoms with Gasteiger partial charge in [0.05, 0.1) is 6.54 Å². The van der Waals surface area contributed by atoms with Gasteiger partial charge in [0.1, 0.15) is 5.02 Å². The first-order valence-electron chi connectivity index (χ1n) is 7.37. The molecule has 0 fully saturated rings. The number of halogens is 2. The summed E-state index contributed by atoms with van der Waals surface area (Å²) in [5, 5.41) is 8.18. The van der Waals surface area contributed by atoms with E-state index in [1.807, 2.05) is 49.4 Å². The smallest absolute Gasteiger partial charge is 0.257 e. The van der Waals surface area contributed by atoms with Crippen molar-refractivity contribution in [2.24, 2.45) is 0 Å². The van der Waals surface area contributed by atoms with Gasteiger partial charge in [-0.2, -0.15) is 5.10 Å². The minimum Gasteiger partial charge on any atom is -0.304 e. The van der Waals surface area contributed by atoms with Crippen LogP contribution in [0.3, 0.4) is 0 Å². The van der Waals surface area contributed by atoms with E-state index in [-0.39, 0.29) is 5.91 Å². The fourth-order valence-electron chi connectivity index (χ4n) is 2.34. The first kappa shape index (κ1) is 16.6. The number of carbonyl (C=O) groups is 1. The van der Waals surface area contributed by atoms with Gasteiger partial charge in [-0.1, -0.05) is 53.5 Å². The number of carbonyl (C=O) groups excluding carboxylic acids is 1. The number of nitrogens with zero attached hydrogens (tertiary/aromatic N) is 2. The molecule has 3 aromatic rings. The molecule has 0 bridgehead atoms. The average molecular weight is 360 g/mol. The van der Waals surface area contributed by atoms with Gasteiger partial charge in [0, 0.05) is 16.8 Å². The first-order valence-corrected chi connectivity index (χ1v) is 8.13. The molecule has 0 atom stereocenters. The Bertz CT molecular complexity index is 872. The van der Waals surface area contributed by atoms with E-state index in [1.54, 1.807) is 16.9 Å². The molecule has 1 N–H and O–H groups in total. The molecule has 2 aromatic carbocycles. The van der Waals surface area contributed by atoms with Crippen LogP contribution in [0.5, 0.6) is 0 Å². The summed E-state index contributed by atoms with van der Waals surface area (Å²) in [6.45, 7) is 2.42. The Balaban J connectivity index is 1.75. The number of hydrogen-bond acceptors (Lipinski definition) is 2. The molecule has 4 nitrogen and oxygen atoms in total. The van der Waals surface area contributed by atoms with Crippen molar-refractivity contribution in [2.45, 2.75) is 13.5 Å². The number of hydrogen-bond donors (Lipinski definition) is 1. The normalized spacial score (nSPS) is 10.6. The molecular weight excluding hydrogens is 345 g/mol. The zero-order chi connectivity index (χ0) is 17.1. The molecule has 0 aliphatic heterocycles. The molecule has 0 radical (unpaired) electrons. The van der Waals surface area contributed by atoms with Gasteiger partial charge in [-0.15, -0.1) is 0 Å². The summed E-state index contributed by atoms with van der Waals surface area (Å²) in [7, 11) is 0. The molecule has 0 saturated heterocycles. The summed E-state index contributed by atoms with van der Waals surface area (Å²) in [5.41, 5.74) is 2.53. The summed E-state index contributed by atoms with van der Waals surface area (Å²) in [6.07, 6.45) is 1.68. The predicted molar refractivity (Wildman–Crippen MR) is 96.9 cm³/mol. The lowest BCUT2D eigenvalue weighted by Crippen LogP contribution is -2.14. The van der Waals surface area contributed by atoms with Crippen LogP contribution in [-0.2, 0) is 6.54 Å². The van der Waals surface area contributed by atoms with E-state index in [0.29, 0.717) is 28.0 Å². The number of rotatable bonds is 4. The fraction of sp³-hybridized carbons (Fsp3) is 0.111. The van der Waals surface area contributed by atoms with Gasteiger partial charge < -0.3 is 5.32 Å². The first-order chi connectivity index (χ1) is 11.5. The molecule has 0 saturated carbocycles. The summed E-state index contributed by atoms with van der Waals surface area (Å²) in [6, 6.07) is 14.8. The molecule has 0 aliphatic carbocycles. The topological polar surface area (TPSA) is 46.9 Å². The van der Waals surface area contributed by atoms with Crippen LogP contribution in [0.2, 0.25) is 10.0 Å². The molecule has 6 heteroatoms. The van der Waals surface area contributed by atoms with Gasteiger partial charge in [-0.25, -0.2) is 0 Å². The molecular formula is C18H15Cl2N3O. The quantitative estimate of drug-likeness (QED) is 0.727. The van der Waals surface area contributed by atoms with Gasteiger partial charge in [0.2, 0.25) is 0 Å². The van der Waals surface area contributed by atoms with Crippen molar-refractivity contribution in [3.05, 3.63) is 81.5 Å². The Morgan fingerprint density at radius 3 is 2.54 bits per heavy atom. The lowest BCUT2D eigenvalue weighted by atomic mass is 10.1. The SMILES string of the molecule is Cc1ccccc1C(=O)Nc1nn(Cc2ccc(Cl)cc2)cc1Cl. The Kier molecular flexibility index (Phi) is 4.88. The molecule has 0 aliphatic rings. The van der Waals surface area contributed by atoms with E-state index >= 15 is 0 Å². The third-order valence-electron chi connectivity index (χ3n) is 3.60. The molecule has 24 heavy (non-hydrogen) atoms. The standard InChI is InChI=1S/C18H15Cl2N3O/c1-12-4-2-3-5-15(12)18(24)21-17-16(20)11-23(22-17)10-13-6-8-14(19)9-7-13/h2-9,11H,10H2,1H3,(H,21,22,24). The van der Waals surface area contributed by atoms with Crippen LogP contribution in [0.25, 0.3) is 0 Å². The fourth-order valence-corrected chi connectivity index (χ4v) is 2.67. The van der Waals surface area contributed by atoms with E-state index in [9.17, 15) is 4.79 Å². The molecule has 1 amide bonds. The molecule has 122 valence electrons. The van der Waals surface area contributed by atoms with Crippen LogP contribution < -0.4 is 5.32 Å². The Morgan fingerprint density at radius 1 is 1.12 bits per heavy atom. The van der Waals surface area contributed by atoms with E-state index in [2.05, 4.69) is 10.4 Å². The minimum absolute atomic E-state index is 0.230. The van der Waals surface area contributed by atoms with E-state index < -0.39 is 0 Å². The third-order valence-corrected chi connectivity index (χ3v) is 4.13. The van der Waals surface area contributed by atoms with Crippen LogP contribution in [-0.4, -0.2) is 15.7 Å². The second-order valence-electron chi connectivity index (χ2n) is 5.42. The lowest BCUT2D eigenvalue weighted by Gasteiger charge is -2.05. The zero-order valence-corrected chi connectivity index (χ0v) is 14.5. The van der Waals surface area contributed by atoms with Gasteiger partial charge in [0.15, 0.2) is 5.82 Å². The Morgan fingerprint density at radius 2 is 1.83 bits per heavy atom. The third kappa shape index (κ3) is 3.78. The summed E-state index contributed by atoms with van der Waals surface area (Å²) < 4.78 is 1.68. The van der Waals surface area contributed by atoms with Crippen LogP contribution in [0, 0.1) is 6.92 Å². The highest BCUT2D eigenvalue weighted by Gasteiger charge is 2.13. The Labute approximate surface area is 150 Å². The summed E-state index contributed by atoms with van der Waals surface area (Å²) >= 11 is 12.1. The van der Waals surface area contributed by atoms with Crippen molar-refractivity contribution in [3.8, 4) is 0 Å². The highest BCUT2D eigenvalue weighted by Crippen LogP contribution is 2.21.